The number of anilines is 1. The number of rotatable bonds is 5. The number of thiazole rings is 1. The van der Waals surface area contributed by atoms with Gasteiger partial charge in [-0.1, -0.05) is 11.3 Å². The minimum absolute atomic E-state index is 0.0149. The number of aromatic nitrogens is 3. The molecule has 1 amide bonds. The number of nitro benzene ring substituents is 1. The van der Waals surface area contributed by atoms with Crippen LogP contribution in [0.2, 0.25) is 0 Å². The zero-order valence-electron chi connectivity index (χ0n) is 14.1. The summed E-state index contributed by atoms with van der Waals surface area (Å²) in [4.78, 5) is 37.3. The van der Waals surface area contributed by atoms with Gasteiger partial charge >= 0.3 is 0 Å². The lowest BCUT2D eigenvalue weighted by Crippen LogP contribution is -2.23. The number of nitrogens with one attached hydrogen (secondary N) is 1. The summed E-state index contributed by atoms with van der Waals surface area (Å²) >= 11 is 0.714. The number of amides is 1. The Morgan fingerprint density at radius 3 is 2.50 bits per heavy atom. The smallest absolute Gasteiger partial charge is 0.277 e. The number of hydrogen-bond acceptors (Lipinski definition) is 9. The van der Waals surface area contributed by atoms with Crippen molar-refractivity contribution in [2.75, 3.05) is 5.32 Å². The van der Waals surface area contributed by atoms with E-state index in [0.29, 0.717) is 11.3 Å². The highest BCUT2D eigenvalue weighted by Crippen LogP contribution is 2.29. The molecule has 2 aromatic heterocycles. The molecule has 0 unspecified atom stereocenters. The van der Waals surface area contributed by atoms with Crippen LogP contribution < -0.4 is 10.9 Å². The van der Waals surface area contributed by atoms with E-state index < -0.39 is 20.7 Å². The van der Waals surface area contributed by atoms with E-state index in [4.69, 9.17) is 0 Å². The average molecular weight is 421 g/mol. The normalized spacial score (nSPS) is 11.2. The Balaban J connectivity index is 1.82. The summed E-state index contributed by atoms with van der Waals surface area (Å²) in [6.07, 6.45) is 1.07. The molecule has 28 heavy (non-hydrogen) atoms. The number of hydrogen-bond donors (Lipinski definition) is 1. The Hall–Kier alpha value is -3.45. The molecule has 144 valence electrons. The maximum Gasteiger partial charge on any atom is 0.277 e. The molecule has 1 aromatic carbocycles. The van der Waals surface area contributed by atoms with Crippen molar-refractivity contribution in [3.8, 4) is 0 Å². The minimum Gasteiger partial charge on any atom is -0.296 e. The maximum absolute atomic E-state index is 12.6. The van der Waals surface area contributed by atoms with Gasteiger partial charge in [0.05, 0.1) is 16.0 Å². The van der Waals surface area contributed by atoms with Gasteiger partial charge in [0.1, 0.15) is 9.90 Å². The van der Waals surface area contributed by atoms with Crippen LogP contribution in [-0.4, -0.2) is 34.0 Å². The van der Waals surface area contributed by atoms with E-state index in [1.807, 2.05) is 0 Å². The van der Waals surface area contributed by atoms with Crippen LogP contribution in [0, 0.1) is 10.1 Å². The summed E-state index contributed by atoms with van der Waals surface area (Å²) in [5.74, 6) is -0.663. The molecule has 1 N–H and O–H groups in total. The molecule has 0 atom stereocenters. The first-order chi connectivity index (χ1) is 13.2. The molecule has 2 heterocycles. The molecule has 0 aliphatic carbocycles. The fourth-order valence-electron chi connectivity index (χ4n) is 2.09. The van der Waals surface area contributed by atoms with Crippen LogP contribution in [0.1, 0.15) is 10.5 Å². The van der Waals surface area contributed by atoms with Crippen molar-refractivity contribution in [2.24, 2.45) is 7.05 Å². The zero-order chi connectivity index (χ0) is 20.5. The van der Waals surface area contributed by atoms with E-state index in [0.717, 1.165) is 35.1 Å². The van der Waals surface area contributed by atoms with Crippen LogP contribution in [0.25, 0.3) is 0 Å². The SMILES string of the molecule is Cn1nc(C(=O)Nc2ncc(S(=O)(=O)c3ccc([N+](=O)[O-])cc3)s2)ccc1=O. The number of non-ortho nitro benzene ring substituents is 1. The lowest BCUT2D eigenvalue weighted by atomic mass is 10.3. The van der Waals surface area contributed by atoms with Crippen LogP contribution in [0.3, 0.4) is 0 Å². The van der Waals surface area contributed by atoms with E-state index in [2.05, 4.69) is 15.4 Å². The Morgan fingerprint density at radius 1 is 1.21 bits per heavy atom. The number of carbonyl (C=O) groups is 1. The second kappa shape index (κ2) is 7.28. The third kappa shape index (κ3) is 3.79. The second-order valence-electron chi connectivity index (χ2n) is 5.37. The number of nitrogens with zero attached hydrogens (tertiary/aromatic N) is 4. The summed E-state index contributed by atoms with van der Waals surface area (Å²) in [5, 5.41) is 16.9. The fourth-order valence-corrected chi connectivity index (χ4v) is 4.52. The molecule has 0 bridgehead atoms. The van der Waals surface area contributed by atoms with E-state index >= 15 is 0 Å². The highest BCUT2D eigenvalue weighted by Gasteiger charge is 2.23. The predicted octanol–water partition coefficient (Wildman–Crippen LogP) is 1.23. The molecule has 3 aromatic rings. The first-order valence-electron chi connectivity index (χ1n) is 7.49. The topological polar surface area (TPSA) is 154 Å². The summed E-state index contributed by atoms with van der Waals surface area (Å²) in [7, 11) is -2.57. The van der Waals surface area contributed by atoms with Crippen molar-refractivity contribution in [1.82, 2.24) is 14.8 Å². The van der Waals surface area contributed by atoms with Crippen molar-refractivity contribution in [1.29, 1.82) is 0 Å². The molecule has 3 rings (SSSR count). The molecule has 0 spiro atoms. The van der Waals surface area contributed by atoms with Crippen LogP contribution in [0.4, 0.5) is 10.8 Å². The van der Waals surface area contributed by atoms with E-state index in [1.54, 1.807) is 0 Å². The van der Waals surface area contributed by atoms with Crippen LogP contribution >= 0.6 is 11.3 Å². The number of carbonyl (C=O) groups excluding carboxylic acids is 1. The molecular weight excluding hydrogens is 410 g/mol. The molecule has 11 nitrogen and oxygen atoms in total. The zero-order valence-corrected chi connectivity index (χ0v) is 15.7. The average Bonchev–Trinajstić information content (AvgIpc) is 3.13. The quantitative estimate of drug-likeness (QED) is 0.476. The van der Waals surface area contributed by atoms with Gasteiger partial charge in [0, 0.05) is 25.2 Å². The highest BCUT2D eigenvalue weighted by atomic mass is 32.2. The Morgan fingerprint density at radius 2 is 1.89 bits per heavy atom. The van der Waals surface area contributed by atoms with Gasteiger partial charge in [-0.05, 0) is 18.2 Å². The highest BCUT2D eigenvalue weighted by molar-refractivity contribution is 7.93. The van der Waals surface area contributed by atoms with Crippen LogP contribution in [0.5, 0.6) is 0 Å². The molecule has 0 saturated carbocycles. The number of benzene rings is 1. The van der Waals surface area contributed by atoms with Gasteiger partial charge in [-0.2, -0.15) is 5.10 Å². The summed E-state index contributed by atoms with van der Waals surface area (Å²) in [6.45, 7) is 0. The summed E-state index contributed by atoms with van der Waals surface area (Å²) < 4.78 is 26.0. The standard InChI is InChI=1S/C15H11N5O6S2/c1-19-12(21)7-6-11(18-19)14(22)17-15-16-8-13(27-15)28(25,26)10-4-2-9(3-5-10)20(23)24/h2-8H,1H3,(H,16,17,22). The van der Waals surface area contributed by atoms with Crippen molar-refractivity contribution in [3.63, 3.8) is 0 Å². The minimum atomic E-state index is -3.95. The molecule has 0 fully saturated rings. The van der Waals surface area contributed by atoms with Crippen molar-refractivity contribution in [2.45, 2.75) is 9.10 Å². The van der Waals surface area contributed by atoms with Gasteiger partial charge in [-0.3, -0.25) is 25.0 Å². The van der Waals surface area contributed by atoms with Gasteiger partial charge in [0.25, 0.3) is 17.2 Å². The Labute approximate surface area is 161 Å². The van der Waals surface area contributed by atoms with Crippen LogP contribution in [0.15, 0.2) is 56.5 Å². The largest absolute Gasteiger partial charge is 0.296 e. The maximum atomic E-state index is 12.6. The molecule has 0 saturated heterocycles. The van der Waals surface area contributed by atoms with Crippen molar-refractivity contribution >= 4 is 37.9 Å². The van der Waals surface area contributed by atoms with Gasteiger partial charge in [-0.15, -0.1) is 0 Å². The summed E-state index contributed by atoms with van der Waals surface area (Å²) in [6, 6.07) is 6.83. The molecular formula is C15H11N5O6S2. The monoisotopic (exact) mass is 421 g/mol. The number of sulfone groups is 1. The molecule has 0 radical (unpaired) electrons. The predicted molar refractivity (Wildman–Crippen MR) is 98.1 cm³/mol. The number of nitro groups is 1. The van der Waals surface area contributed by atoms with E-state index in [9.17, 15) is 28.1 Å². The third-order valence-corrected chi connectivity index (χ3v) is 6.66. The Kier molecular flexibility index (Phi) is 5.02. The van der Waals surface area contributed by atoms with E-state index in [-0.39, 0.29) is 31.2 Å². The molecule has 13 heteroatoms. The van der Waals surface area contributed by atoms with Gasteiger partial charge in [0.15, 0.2) is 5.13 Å². The lowest BCUT2D eigenvalue weighted by Gasteiger charge is -2.02. The molecule has 0 aliphatic heterocycles. The van der Waals surface area contributed by atoms with Crippen molar-refractivity contribution < 1.29 is 18.1 Å². The van der Waals surface area contributed by atoms with Gasteiger partial charge in [0.2, 0.25) is 9.84 Å². The Bertz CT molecular complexity index is 1230. The fraction of sp³-hybridized carbons (Fsp3) is 0.0667. The molecule has 0 aliphatic rings. The first kappa shape index (κ1) is 19.3. The van der Waals surface area contributed by atoms with E-state index in [1.165, 1.54) is 19.2 Å². The number of aryl methyl sites for hydroxylation is 1. The first-order valence-corrected chi connectivity index (χ1v) is 9.79. The third-order valence-electron chi connectivity index (χ3n) is 3.52. The lowest BCUT2D eigenvalue weighted by molar-refractivity contribution is -0.384. The second-order valence-corrected chi connectivity index (χ2v) is 8.58. The van der Waals surface area contributed by atoms with Gasteiger partial charge in [-0.25, -0.2) is 18.1 Å². The van der Waals surface area contributed by atoms with Gasteiger partial charge < -0.3 is 0 Å². The summed E-state index contributed by atoms with van der Waals surface area (Å²) in [5.41, 5.74) is -0.666. The van der Waals surface area contributed by atoms with Crippen molar-refractivity contribution in [3.05, 3.63) is 68.8 Å². The van der Waals surface area contributed by atoms with Crippen LogP contribution in [-0.2, 0) is 16.9 Å².